The van der Waals surface area contributed by atoms with E-state index in [1.54, 1.807) is 0 Å². The van der Waals surface area contributed by atoms with Crippen molar-refractivity contribution in [2.75, 3.05) is 40.9 Å². The van der Waals surface area contributed by atoms with Crippen molar-refractivity contribution in [3.63, 3.8) is 0 Å². The summed E-state index contributed by atoms with van der Waals surface area (Å²) < 4.78 is 30.8. The van der Waals surface area contributed by atoms with E-state index in [2.05, 4.69) is 50.4 Å². The second-order valence-corrected chi connectivity index (χ2v) is 25.5. The number of carbonyl (C=O) groups is 2. The van der Waals surface area contributed by atoms with Gasteiger partial charge in [-0.05, 0) is 57.4 Å². The van der Waals surface area contributed by atoms with Crippen molar-refractivity contribution >= 4 is 19.7 Å². The highest BCUT2D eigenvalue weighted by Gasteiger charge is 2.30. The van der Waals surface area contributed by atoms with Gasteiger partial charge in [0.2, 0.25) is 5.91 Å². The van der Waals surface area contributed by atoms with Crippen molar-refractivity contribution < 1.29 is 37.3 Å². The highest BCUT2D eigenvalue weighted by molar-refractivity contribution is 7.47. The van der Waals surface area contributed by atoms with E-state index in [0.717, 1.165) is 77.0 Å². The Morgan fingerprint density at radius 2 is 0.779 bits per heavy atom. The molecule has 3 atom stereocenters. The number of quaternary nitrogens is 1. The zero-order valence-corrected chi connectivity index (χ0v) is 52.9. The largest absolute Gasteiger partial charge is 0.472 e. The number of likely N-dealkylation sites (N-methyl/N-ethyl adjacent to an activating group) is 1. The lowest BCUT2D eigenvalue weighted by Gasteiger charge is -2.27. The topological polar surface area (TPSA) is 111 Å². The van der Waals surface area contributed by atoms with Crippen molar-refractivity contribution in [3.8, 4) is 0 Å². The lowest BCUT2D eigenvalue weighted by atomic mass is 10.0. The molecule has 1 amide bonds. The average Bonchev–Trinajstić information content (AvgIpc) is 3.39. The third-order valence-corrected chi connectivity index (χ3v) is 16.1. The van der Waals surface area contributed by atoms with Gasteiger partial charge >= 0.3 is 13.8 Å². The van der Waals surface area contributed by atoms with Crippen LogP contribution in [0.15, 0.2) is 36.5 Å². The summed E-state index contributed by atoms with van der Waals surface area (Å²) in [7, 11) is 1.50. The average molecular weight is 1110 g/mol. The molecule has 9 nitrogen and oxygen atoms in total. The molecule has 2 N–H and O–H groups in total. The monoisotopic (exact) mass is 1110 g/mol. The summed E-state index contributed by atoms with van der Waals surface area (Å²) in [5, 5.41) is 3.06. The summed E-state index contributed by atoms with van der Waals surface area (Å²) >= 11 is 0. The Balaban J connectivity index is 5.13. The van der Waals surface area contributed by atoms with Gasteiger partial charge in [-0.2, -0.15) is 0 Å². The van der Waals surface area contributed by atoms with Crippen molar-refractivity contribution in [2.45, 2.75) is 341 Å². The number of esters is 1. The maximum Gasteiger partial charge on any atom is 0.472 e. The first-order chi connectivity index (χ1) is 37.4. The van der Waals surface area contributed by atoms with Gasteiger partial charge in [-0.3, -0.25) is 18.6 Å². The number of nitrogens with zero attached hydrogens (tertiary/aromatic N) is 1. The lowest BCUT2D eigenvalue weighted by Crippen LogP contribution is -2.47. The Morgan fingerprint density at radius 3 is 1.17 bits per heavy atom. The smallest absolute Gasteiger partial charge is 0.456 e. The van der Waals surface area contributed by atoms with Crippen LogP contribution in [0.4, 0.5) is 0 Å². The van der Waals surface area contributed by atoms with E-state index in [1.165, 1.54) is 218 Å². The minimum atomic E-state index is -4.45. The van der Waals surface area contributed by atoms with Crippen LogP contribution in [0.25, 0.3) is 0 Å². The van der Waals surface area contributed by atoms with Gasteiger partial charge in [-0.1, -0.05) is 295 Å². The number of ether oxygens (including phenoxy) is 1. The summed E-state index contributed by atoms with van der Waals surface area (Å²) in [6, 6.07) is -0.851. The maximum absolute atomic E-state index is 13.5. The van der Waals surface area contributed by atoms with Gasteiger partial charge in [-0.25, -0.2) is 4.57 Å². The molecule has 0 aliphatic heterocycles. The molecule has 0 aromatic rings. The molecule has 0 saturated heterocycles. The molecule has 0 heterocycles. The molecular formula is C67H130N2O7P+. The number of allylic oxidation sites excluding steroid dienone is 5. The Labute approximate surface area is 478 Å². The fourth-order valence-corrected chi connectivity index (χ4v) is 10.7. The van der Waals surface area contributed by atoms with E-state index >= 15 is 0 Å². The van der Waals surface area contributed by atoms with Crippen molar-refractivity contribution in [3.05, 3.63) is 36.5 Å². The molecule has 0 fully saturated rings. The molecule has 77 heavy (non-hydrogen) atoms. The van der Waals surface area contributed by atoms with Gasteiger partial charge in [0.15, 0.2) is 0 Å². The molecule has 454 valence electrons. The molecule has 0 aromatic carbocycles. The van der Waals surface area contributed by atoms with Gasteiger partial charge in [0.25, 0.3) is 0 Å². The first-order valence-electron chi connectivity index (χ1n) is 33.3. The number of hydrogen-bond acceptors (Lipinski definition) is 6. The van der Waals surface area contributed by atoms with Crippen LogP contribution in [0.2, 0.25) is 0 Å². The van der Waals surface area contributed by atoms with Crippen LogP contribution in [0, 0.1) is 0 Å². The SMILES string of the molecule is CCCCC/C=C/C=C/CCCCCCCCC(=O)NC(COP(=O)(O)OCC[N+](C)(C)C)C(/C=C\CCCCCCCCCCCCC)OC(=O)CCCCCCCCCCCCCCCCCCCCCCCCC. The van der Waals surface area contributed by atoms with E-state index in [4.69, 9.17) is 13.8 Å². The second-order valence-electron chi connectivity index (χ2n) is 24.0. The molecule has 0 bridgehead atoms. The normalized spacial score (nSPS) is 13.8. The summed E-state index contributed by atoms with van der Waals surface area (Å²) in [5.41, 5.74) is 0. The third-order valence-electron chi connectivity index (χ3n) is 15.1. The minimum Gasteiger partial charge on any atom is -0.456 e. The fraction of sp³-hybridized carbons (Fsp3) is 0.881. The highest BCUT2D eigenvalue weighted by atomic mass is 31.2. The maximum atomic E-state index is 13.5. The van der Waals surface area contributed by atoms with Crippen LogP contribution in [0.5, 0.6) is 0 Å². The Kier molecular flexibility index (Phi) is 56.1. The number of rotatable bonds is 61. The van der Waals surface area contributed by atoms with E-state index in [1.807, 2.05) is 33.3 Å². The fourth-order valence-electron chi connectivity index (χ4n) is 9.93. The van der Waals surface area contributed by atoms with Gasteiger partial charge < -0.3 is 19.4 Å². The predicted octanol–water partition coefficient (Wildman–Crippen LogP) is 20.7. The standard InChI is InChI=1S/C67H129N2O7P/c1-7-10-13-16-19-22-25-28-30-31-32-33-34-35-36-37-39-42-45-48-51-54-57-60-67(71)76-65(58-55-52-49-46-43-40-27-24-21-18-15-12-9-3)64(63-75-77(72,73)74-62-61-69(4,5)6)68-66(70)59-56-53-50-47-44-41-38-29-26-23-20-17-14-11-8-2/h20,23,26,29,55,58,64-65H,7-19,21-22,24-25,27-28,30-54,56-57,59-63H2,1-6H3,(H-,68,70,72,73)/p+1/b23-20+,29-26+,58-55-. The number of carbonyl (C=O) groups excluding carboxylic acids is 2. The van der Waals surface area contributed by atoms with Gasteiger partial charge in [-0.15, -0.1) is 0 Å². The van der Waals surface area contributed by atoms with E-state index in [0.29, 0.717) is 23.9 Å². The number of hydrogen-bond donors (Lipinski definition) is 2. The summed E-state index contributed by atoms with van der Waals surface area (Å²) in [5.74, 6) is -0.502. The molecule has 0 aliphatic rings. The highest BCUT2D eigenvalue weighted by Crippen LogP contribution is 2.43. The molecular weight excluding hydrogens is 976 g/mol. The molecule has 0 saturated carbocycles. The predicted molar refractivity (Wildman–Crippen MR) is 332 cm³/mol. The van der Waals surface area contributed by atoms with Gasteiger partial charge in [0.05, 0.1) is 33.8 Å². The van der Waals surface area contributed by atoms with Gasteiger partial charge in [0.1, 0.15) is 19.3 Å². The van der Waals surface area contributed by atoms with Crippen LogP contribution in [0.3, 0.4) is 0 Å². The quantitative estimate of drug-likeness (QED) is 0.0156. The molecule has 0 radical (unpaired) electrons. The van der Waals surface area contributed by atoms with Crippen LogP contribution in [0.1, 0.15) is 329 Å². The number of unbranched alkanes of at least 4 members (excludes halogenated alkanes) is 42. The Morgan fingerprint density at radius 1 is 0.455 bits per heavy atom. The van der Waals surface area contributed by atoms with Crippen molar-refractivity contribution in [1.29, 1.82) is 0 Å². The minimum absolute atomic E-state index is 0.0401. The third kappa shape index (κ3) is 58.7. The molecule has 0 aliphatic carbocycles. The van der Waals surface area contributed by atoms with Crippen molar-refractivity contribution in [1.82, 2.24) is 5.32 Å². The van der Waals surface area contributed by atoms with Crippen LogP contribution in [-0.4, -0.2) is 74.3 Å². The van der Waals surface area contributed by atoms with Crippen LogP contribution < -0.4 is 5.32 Å². The summed E-state index contributed by atoms with van der Waals surface area (Å²) in [4.78, 5) is 37.8. The number of nitrogens with one attached hydrogen (secondary N) is 1. The molecule has 0 rings (SSSR count). The number of phosphoric acid groups is 1. The zero-order valence-electron chi connectivity index (χ0n) is 52.0. The number of phosphoric ester groups is 1. The second kappa shape index (κ2) is 57.5. The first-order valence-corrected chi connectivity index (χ1v) is 34.8. The van der Waals surface area contributed by atoms with Gasteiger partial charge in [0, 0.05) is 12.8 Å². The summed E-state index contributed by atoms with van der Waals surface area (Å²) in [6.07, 6.45) is 70.0. The zero-order chi connectivity index (χ0) is 56.4. The molecule has 0 spiro atoms. The Hall–Kier alpha value is -1.77. The van der Waals surface area contributed by atoms with Crippen molar-refractivity contribution in [2.24, 2.45) is 0 Å². The van der Waals surface area contributed by atoms with E-state index < -0.39 is 20.0 Å². The molecule has 10 heteroatoms. The molecule has 3 unspecified atom stereocenters. The number of amides is 1. The first kappa shape index (κ1) is 75.2. The molecule has 0 aromatic heterocycles. The Bertz CT molecular complexity index is 1410. The van der Waals surface area contributed by atoms with E-state index in [-0.39, 0.29) is 25.1 Å². The van der Waals surface area contributed by atoms with Crippen LogP contribution in [-0.2, 0) is 27.9 Å². The van der Waals surface area contributed by atoms with E-state index in [9.17, 15) is 19.0 Å². The summed E-state index contributed by atoms with van der Waals surface area (Å²) in [6.45, 7) is 7.02. The van der Waals surface area contributed by atoms with Crippen LogP contribution >= 0.6 is 7.82 Å². The lowest BCUT2D eigenvalue weighted by molar-refractivity contribution is -0.870.